The van der Waals surface area contributed by atoms with Crippen LogP contribution in [-0.2, 0) is 13.1 Å². The number of benzene rings is 2. The second kappa shape index (κ2) is 5.35. The molecule has 0 bridgehead atoms. The lowest BCUT2D eigenvalue weighted by Gasteiger charge is -2.15. The van der Waals surface area contributed by atoms with Crippen LogP contribution < -0.4 is 5.73 Å². The molecule has 0 radical (unpaired) electrons. The Labute approximate surface area is 117 Å². The van der Waals surface area contributed by atoms with Crippen molar-refractivity contribution in [3.8, 4) is 0 Å². The van der Waals surface area contributed by atoms with Gasteiger partial charge in [-0.3, -0.25) is 4.90 Å². The maximum Gasteiger partial charge on any atom is 0.167 e. The Kier molecular flexibility index (Phi) is 3.39. The molecule has 0 aliphatic heterocycles. The molecular weight excluding hydrogens is 250 g/mol. The summed E-state index contributed by atoms with van der Waals surface area (Å²) in [6, 6.07) is 16.7. The molecule has 0 atom stereocenters. The highest BCUT2D eigenvalue weighted by Crippen LogP contribution is 2.17. The van der Waals surface area contributed by atoms with Crippen LogP contribution in [0.1, 0.15) is 11.3 Å². The fraction of sp³-hybridized carbons (Fsp3) is 0.188. The van der Waals surface area contributed by atoms with Crippen LogP contribution in [0.5, 0.6) is 0 Å². The van der Waals surface area contributed by atoms with Crippen molar-refractivity contribution >= 4 is 16.6 Å². The third kappa shape index (κ3) is 2.81. The van der Waals surface area contributed by atoms with Crippen molar-refractivity contribution in [1.82, 2.24) is 10.1 Å². The molecule has 0 aliphatic carbocycles. The van der Waals surface area contributed by atoms with E-state index in [1.165, 1.54) is 16.3 Å². The largest absolute Gasteiger partial charge is 0.381 e. The summed E-state index contributed by atoms with van der Waals surface area (Å²) in [4.78, 5) is 2.17. The van der Waals surface area contributed by atoms with Crippen molar-refractivity contribution in [3.63, 3.8) is 0 Å². The molecule has 4 nitrogen and oxygen atoms in total. The first-order valence-electron chi connectivity index (χ1n) is 6.58. The van der Waals surface area contributed by atoms with E-state index in [4.69, 9.17) is 10.3 Å². The van der Waals surface area contributed by atoms with Gasteiger partial charge >= 0.3 is 0 Å². The number of fused-ring (bicyclic) bond motifs is 1. The van der Waals surface area contributed by atoms with Gasteiger partial charge in [0.15, 0.2) is 11.6 Å². The van der Waals surface area contributed by atoms with Crippen molar-refractivity contribution in [1.29, 1.82) is 0 Å². The van der Waals surface area contributed by atoms with Crippen LogP contribution in [0, 0.1) is 0 Å². The molecular formula is C16H17N3O. The normalized spacial score (nSPS) is 11.3. The molecule has 0 unspecified atom stereocenters. The molecule has 0 fully saturated rings. The van der Waals surface area contributed by atoms with Crippen LogP contribution in [-0.4, -0.2) is 17.1 Å². The summed E-state index contributed by atoms with van der Waals surface area (Å²) in [5.74, 6) is 1.21. The number of nitrogens with zero attached hydrogens (tertiary/aromatic N) is 2. The lowest BCUT2D eigenvalue weighted by molar-refractivity contribution is 0.267. The van der Waals surface area contributed by atoms with Crippen molar-refractivity contribution < 1.29 is 4.52 Å². The van der Waals surface area contributed by atoms with Crippen LogP contribution in [0.15, 0.2) is 53.1 Å². The molecule has 2 N–H and O–H groups in total. The molecule has 3 rings (SSSR count). The van der Waals surface area contributed by atoms with Crippen LogP contribution in [0.2, 0.25) is 0 Å². The SMILES string of the molecule is CN(Cc1ccc2ccccc2c1)Cc1cc(N)no1. The quantitative estimate of drug-likeness (QED) is 0.789. The highest BCUT2D eigenvalue weighted by Gasteiger charge is 2.06. The van der Waals surface area contributed by atoms with Crippen molar-refractivity contribution in [3.05, 3.63) is 59.9 Å². The molecule has 0 spiro atoms. The molecule has 4 heteroatoms. The van der Waals surface area contributed by atoms with Gasteiger partial charge in [0.1, 0.15) is 0 Å². The summed E-state index contributed by atoms with van der Waals surface area (Å²) < 4.78 is 5.13. The molecule has 1 heterocycles. The van der Waals surface area contributed by atoms with Crippen LogP contribution in [0.25, 0.3) is 10.8 Å². The average Bonchev–Trinajstić information content (AvgIpc) is 2.83. The van der Waals surface area contributed by atoms with Gasteiger partial charge in [0.25, 0.3) is 0 Å². The zero-order valence-electron chi connectivity index (χ0n) is 11.4. The minimum atomic E-state index is 0.430. The van der Waals surface area contributed by atoms with Crippen molar-refractivity contribution in [2.45, 2.75) is 13.1 Å². The topological polar surface area (TPSA) is 55.3 Å². The minimum absolute atomic E-state index is 0.430. The number of hydrogen-bond acceptors (Lipinski definition) is 4. The Balaban J connectivity index is 1.72. The average molecular weight is 267 g/mol. The zero-order valence-corrected chi connectivity index (χ0v) is 11.4. The summed E-state index contributed by atoms with van der Waals surface area (Å²) in [5, 5.41) is 6.23. The predicted octanol–water partition coefficient (Wildman–Crippen LogP) is 3.04. The van der Waals surface area contributed by atoms with E-state index < -0.39 is 0 Å². The van der Waals surface area contributed by atoms with E-state index in [1.54, 1.807) is 6.07 Å². The second-order valence-electron chi connectivity index (χ2n) is 5.07. The van der Waals surface area contributed by atoms with E-state index in [1.807, 2.05) is 7.05 Å². The first kappa shape index (κ1) is 12.7. The van der Waals surface area contributed by atoms with Gasteiger partial charge in [-0.2, -0.15) is 0 Å². The number of anilines is 1. The maximum absolute atomic E-state index is 5.55. The van der Waals surface area contributed by atoms with Gasteiger partial charge in [-0.05, 0) is 29.4 Å². The Bertz CT molecular complexity index is 720. The summed E-state index contributed by atoms with van der Waals surface area (Å²) in [6.45, 7) is 1.54. The molecule has 102 valence electrons. The van der Waals surface area contributed by atoms with Crippen molar-refractivity contribution in [2.75, 3.05) is 12.8 Å². The third-order valence-electron chi connectivity index (χ3n) is 3.27. The molecule has 1 aromatic heterocycles. The molecule has 2 aromatic carbocycles. The van der Waals surface area contributed by atoms with Gasteiger partial charge in [-0.1, -0.05) is 41.6 Å². The zero-order chi connectivity index (χ0) is 13.9. The number of aromatic nitrogens is 1. The van der Waals surface area contributed by atoms with Gasteiger partial charge in [-0.15, -0.1) is 0 Å². The molecule has 0 amide bonds. The Morgan fingerprint density at radius 1 is 1.05 bits per heavy atom. The summed E-state index contributed by atoms with van der Waals surface area (Å²) in [7, 11) is 2.05. The lowest BCUT2D eigenvalue weighted by atomic mass is 10.1. The van der Waals surface area contributed by atoms with Gasteiger partial charge < -0.3 is 10.3 Å². The fourth-order valence-corrected chi connectivity index (χ4v) is 2.37. The lowest BCUT2D eigenvalue weighted by Crippen LogP contribution is -2.16. The van der Waals surface area contributed by atoms with Crippen molar-refractivity contribution in [2.24, 2.45) is 0 Å². The number of nitrogens with two attached hydrogens (primary N) is 1. The number of hydrogen-bond donors (Lipinski definition) is 1. The Hall–Kier alpha value is -2.33. The molecule has 0 saturated heterocycles. The summed E-state index contributed by atoms with van der Waals surface area (Å²) in [6.07, 6.45) is 0. The van der Waals surface area contributed by atoms with E-state index in [9.17, 15) is 0 Å². The van der Waals surface area contributed by atoms with E-state index >= 15 is 0 Å². The Morgan fingerprint density at radius 3 is 2.60 bits per heavy atom. The maximum atomic E-state index is 5.55. The molecule has 20 heavy (non-hydrogen) atoms. The smallest absolute Gasteiger partial charge is 0.167 e. The van der Waals surface area contributed by atoms with E-state index in [-0.39, 0.29) is 0 Å². The van der Waals surface area contributed by atoms with E-state index in [2.05, 4.69) is 52.5 Å². The minimum Gasteiger partial charge on any atom is -0.381 e. The van der Waals surface area contributed by atoms with E-state index in [0.29, 0.717) is 12.4 Å². The Morgan fingerprint density at radius 2 is 1.85 bits per heavy atom. The third-order valence-corrected chi connectivity index (χ3v) is 3.27. The first-order valence-corrected chi connectivity index (χ1v) is 6.58. The standard InChI is InChI=1S/C16H17N3O/c1-19(11-15-9-16(17)18-20-15)10-12-6-7-13-4-2-3-5-14(13)8-12/h2-9H,10-11H2,1H3,(H2,17,18). The summed E-state index contributed by atoms with van der Waals surface area (Å²) in [5.41, 5.74) is 6.82. The fourth-order valence-electron chi connectivity index (χ4n) is 2.37. The van der Waals surface area contributed by atoms with Crippen LogP contribution in [0.3, 0.4) is 0 Å². The summed E-state index contributed by atoms with van der Waals surface area (Å²) >= 11 is 0. The van der Waals surface area contributed by atoms with Gasteiger partial charge in [0, 0.05) is 12.6 Å². The van der Waals surface area contributed by atoms with Gasteiger partial charge in [0.05, 0.1) is 6.54 Å². The molecule has 3 aromatic rings. The molecule has 0 aliphatic rings. The molecule has 0 saturated carbocycles. The number of nitrogen functional groups attached to an aromatic ring is 1. The van der Waals surface area contributed by atoms with Crippen LogP contribution >= 0.6 is 0 Å². The number of rotatable bonds is 4. The van der Waals surface area contributed by atoms with Gasteiger partial charge in [0.2, 0.25) is 0 Å². The second-order valence-corrected chi connectivity index (χ2v) is 5.07. The van der Waals surface area contributed by atoms with Gasteiger partial charge in [-0.25, -0.2) is 0 Å². The highest BCUT2D eigenvalue weighted by molar-refractivity contribution is 5.82. The first-order chi connectivity index (χ1) is 9.70. The van der Waals surface area contributed by atoms with E-state index in [0.717, 1.165) is 12.3 Å². The highest BCUT2D eigenvalue weighted by atomic mass is 16.5. The monoisotopic (exact) mass is 267 g/mol. The predicted molar refractivity (Wildman–Crippen MR) is 80.0 cm³/mol. The van der Waals surface area contributed by atoms with Crippen LogP contribution in [0.4, 0.5) is 5.82 Å².